The minimum absolute atomic E-state index is 0.102. The van der Waals surface area contributed by atoms with Crippen molar-refractivity contribution in [2.75, 3.05) is 26.4 Å². The Morgan fingerprint density at radius 3 is 2.61 bits per heavy atom. The standard InChI is InChI=1S/C15H23NO2/c17-10-12-18-11-9-16-15(14-7-4-8-14)13-5-2-1-3-6-13/h1-3,5-6,14-17H,4,7-12H2. The maximum Gasteiger partial charge on any atom is 0.0698 e. The molecule has 0 heterocycles. The molecule has 1 atom stereocenters. The molecule has 1 aromatic rings. The van der Waals surface area contributed by atoms with E-state index in [4.69, 9.17) is 9.84 Å². The summed E-state index contributed by atoms with van der Waals surface area (Å²) >= 11 is 0. The Labute approximate surface area is 109 Å². The second kappa shape index (κ2) is 7.52. The molecular weight excluding hydrogens is 226 g/mol. The van der Waals surface area contributed by atoms with Gasteiger partial charge in [-0.2, -0.15) is 0 Å². The SMILES string of the molecule is OCCOCCNC(c1ccccc1)C1CCC1. The Morgan fingerprint density at radius 2 is 2.00 bits per heavy atom. The van der Waals surface area contributed by atoms with Gasteiger partial charge in [-0.15, -0.1) is 0 Å². The fraction of sp³-hybridized carbons (Fsp3) is 0.600. The van der Waals surface area contributed by atoms with Crippen LogP contribution in [0.1, 0.15) is 30.9 Å². The number of ether oxygens (including phenoxy) is 1. The van der Waals surface area contributed by atoms with E-state index < -0.39 is 0 Å². The monoisotopic (exact) mass is 249 g/mol. The van der Waals surface area contributed by atoms with Gasteiger partial charge in [-0.05, 0) is 24.3 Å². The zero-order chi connectivity index (χ0) is 12.6. The first-order chi connectivity index (χ1) is 8.92. The summed E-state index contributed by atoms with van der Waals surface area (Å²) in [5.41, 5.74) is 1.38. The molecular formula is C15H23NO2. The number of nitrogens with one attached hydrogen (secondary N) is 1. The molecule has 0 saturated heterocycles. The quantitative estimate of drug-likeness (QED) is 0.693. The summed E-state index contributed by atoms with van der Waals surface area (Å²) in [5, 5.41) is 12.2. The van der Waals surface area contributed by atoms with Crippen molar-refractivity contribution in [3.05, 3.63) is 35.9 Å². The highest BCUT2D eigenvalue weighted by Gasteiger charge is 2.27. The summed E-state index contributed by atoms with van der Waals surface area (Å²) in [4.78, 5) is 0. The molecule has 0 radical (unpaired) electrons. The van der Waals surface area contributed by atoms with Crippen molar-refractivity contribution in [1.29, 1.82) is 0 Å². The molecule has 0 aromatic heterocycles. The van der Waals surface area contributed by atoms with Crippen molar-refractivity contribution in [3.63, 3.8) is 0 Å². The molecule has 0 amide bonds. The molecule has 1 saturated carbocycles. The second-order valence-corrected chi connectivity index (χ2v) is 4.87. The lowest BCUT2D eigenvalue weighted by atomic mass is 9.77. The molecule has 1 aromatic carbocycles. The fourth-order valence-corrected chi connectivity index (χ4v) is 2.44. The second-order valence-electron chi connectivity index (χ2n) is 4.87. The molecule has 0 spiro atoms. The van der Waals surface area contributed by atoms with E-state index in [9.17, 15) is 0 Å². The van der Waals surface area contributed by atoms with E-state index in [1.165, 1.54) is 24.8 Å². The Balaban J connectivity index is 1.82. The highest BCUT2D eigenvalue weighted by molar-refractivity contribution is 5.20. The van der Waals surface area contributed by atoms with Crippen LogP contribution in [0.2, 0.25) is 0 Å². The Bertz CT molecular complexity index is 325. The highest BCUT2D eigenvalue weighted by atomic mass is 16.5. The lowest BCUT2D eigenvalue weighted by Crippen LogP contribution is -2.34. The van der Waals surface area contributed by atoms with Crippen LogP contribution in [0.15, 0.2) is 30.3 Å². The molecule has 1 fully saturated rings. The van der Waals surface area contributed by atoms with Crippen LogP contribution in [0.25, 0.3) is 0 Å². The summed E-state index contributed by atoms with van der Waals surface area (Å²) in [6.07, 6.45) is 4.00. The van der Waals surface area contributed by atoms with Crippen molar-refractivity contribution in [2.24, 2.45) is 5.92 Å². The summed E-state index contributed by atoms with van der Waals surface area (Å²) in [6.45, 7) is 2.04. The molecule has 0 aliphatic heterocycles. The zero-order valence-corrected chi connectivity index (χ0v) is 10.8. The molecule has 3 heteroatoms. The largest absolute Gasteiger partial charge is 0.394 e. The molecule has 3 nitrogen and oxygen atoms in total. The van der Waals surface area contributed by atoms with Crippen molar-refractivity contribution in [1.82, 2.24) is 5.32 Å². The van der Waals surface area contributed by atoms with E-state index in [1.807, 2.05) is 0 Å². The first-order valence-electron chi connectivity index (χ1n) is 6.88. The van der Waals surface area contributed by atoms with Gasteiger partial charge in [0, 0.05) is 12.6 Å². The van der Waals surface area contributed by atoms with Gasteiger partial charge in [-0.1, -0.05) is 36.8 Å². The summed E-state index contributed by atoms with van der Waals surface area (Å²) in [5.74, 6) is 0.769. The molecule has 2 rings (SSSR count). The van der Waals surface area contributed by atoms with E-state index in [1.54, 1.807) is 0 Å². The van der Waals surface area contributed by atoms with Crippen LogP contribution in [0.3, 0.4) is 0 Å². The van der Waals surface area contributed by atoms with E-state index >= 15 is 0 Å². The van der Waals surface area contributed by atoms with Gasteiger partial charge in [0.05, 0.1) is 19.8 Å². The van der Waals surface area contributed by atoms with Crippen LogP contribution in [0, 0.1) is 5.92 Å². The van der Waals surface area contributed by atoms with Gasteiger partial charge in [0.1, 0.15) is 0 Å². The summed E-state index contributed by atoms with van der Waals surface area (Å²) in [7, 11) is 0. The number of rotatable bonds is 8. The summed E-state index contributed by atoms with van der Waals surface area (Å²) < 4.78 is 5.29. The molecule has 1 aliphatic carbocycles. The molecule has 0 bridgehead atoms. The average Bonchev–Trinajstić information content (AvgIpc) is 2.36. The van der Waals surface area contributed by atoms with Crippen LogP contribution >= 0.6 is 0 Å². The predicted molar refractivity (Wildman–Crippen MR) is 72.4 cm³/mol. The van der Waals surface area contributed by atoms with Crippen molar-refractivity contribution in [2.45, 2.75) is 25.3 Å². The van der Waals surface area contributed by atoms with Gasteiger partial charge in [0.25, 0.3) is 0 Å². The van der Waals surface area contributed by atoms with Gasteiger partial charge in [-0.3, -0.25) is 0 Å². The Kier molecular flexibility index (Phi) is 5.65. The highest BCUT2D eigenvalue weighted by Crippen LogP contribution is 2.37. The molecule has 100 valence electrons. The van der Waals surface area contributed by atoms with E-state index in [0.717, 1.165) is 12.5 Å². The number of aliphatic hydroxyl groups is 1. The average molecular weight is 249 g/mol. The lowest BCUT2D eigenvalue weighted by molar-refractivity contribution is 0.0894. The minimum atomic E-state index is 0.102. The topological polar surface area (TPSA) is 41.5 Å². The van der Waals surface area contributed by atoms with Crippen LogP contribution in [-0.2, 0) is 4.74 Å². The number of hydrogen-bond acceptors (Lipinski definition) is 3. The number of benzene rings is 1. The first kappa shape index (κ1) is 13.5. The molecule has 1 unspecified atom stereocenters. The van der Waals surface area contributed by atoms with Crippen LogP contribution in [0.4, 0.5) is 0 Å². The van der Waals surface area contributed by atoms with Crippen LogP contribution in [0.5, 0.6) is 0 Å². The van der Waals surface area contributed by atoms with Crippen molar-refractivity contribution < 1.29 is 9.84 Å². The lowest BCUT2D eigenvalue weighted by Gasteiger charge is -2.35. The smallest absolute Gasteiger partial charge is 0.0698 e. The van der Waals surface area contributed by atoms with E-state index in [-0.39, 0.29) is 6.61 Å². The third kappa shape index (κ3) is 3.80. The van der Waals surface area contributed by atoms with Gasteiger partial charge < -0.3 is 15.2 Å². The van der Waals surface area contributed by atoms with Gasteiger partial charge >= 0.3 is 0 Å². The number of hydrogen-bond donors (Lipinski definition) is 2. The zero-order valence-electron chi connectivity index (χ0n) is 10.8. The van der Waals surface area contributed by atoms with E-state index in [0.29, 0.717) is 19.3 Å². The Hall–Kier alpha value is -0.900. The molecule has 1 aliphatic rings. The predicted octanol–water partition coefficient (Wildman–Crippen LogP) is 2.13. The maximum atomic E-state index is 8.64. The van der Waals surface area contributed by atoms with Gasteiger partial charge in [0.2, 0.25) is 0 Å². The van der Waals surface area contributed by atoms with E-state index in [2.05, 4.69) is 35.6 Å². The van der Waals surface area contributed by atoms with Crippen molar-refractivity contribution >= 4 is 0 Å². The van der Waals surface area contributed by atoms with Gasteiger partial charge in [-0.25, -0.2) is 0 Å². The number of aliphatic hydroxyl groups excluding tert-OH is 1. The van der Waals surface area contributed by atoms with Crippen molar-refractivity contribution in [3.8, 4) is 0 Å². The molecule has 18 heavy (non-hydrogen) atoms. The third-order valence-electron chi connectivity index (χ3n) is 3.63. The van der Waals surface area contributed by atoms with Crippen LogP contribution in [-0.4, -0.2) is 31.5 Å². The van der Waals surface area contributed by atoms with Crippen LogP contribution < -0.4 is 5.32 Å². The van der Waals surface area contributed by atoms with Gasteiger partial charge in [0.15, 0.2) is 0 Å². The third-order valence-corrected chi connectivity index (χ3v) is 3.63. The Morgan fingerprint density at radius 1 is 1.22 bits per heavy atom. The first-order valence-corrected chi connectivity index (χ1v) is 6.88. The summed E-state index contributed by atoms with van der Waals surface area (Å²) in [6, 6.07) is 11.1. The molecule has 2 N–H and O–H groups in total. The minimum Gasteiger partial charge on any atom is -0.394 e. The normalized spacial score (nSPS) is 17.4. The maximum absolute atomic E-state index is 8.64. The fourth-order valence-electron chi connectivity index (χ4n) is 2.44.